The number of carbonyl (C=O) groups is 2. The Labute approximate surface area is 158 Å². The number of anilines is 1. The Morgan fingerprint density at radius 1 is 0.964 bits per heavy atom. The minimum Gasteiger partial charge on any atom is -0.366 e. The lowest BCUT2D eigenvalue weighted by atomic mass is 10.2. The fourth-order valence-corrected chi connectivity index (χ4v) is 2.84. The molecule has 2 heterocycles. The molecular formula is C20H14FN5O2. The molecule has 0 spiro atoms. The minimum atomic E-state index is -0.549. The molecule has 2 aromatic heterocycles. The molecule has 2 amide bonds. The molecule has 28 heavy (non-hydrogen) atoms. The van der Waals surface area contributed by atoms with Gasteiger partial charge in [0.05, 0.1) is 11.1 Å². The van der Waals surface area contributed by atoms with Crippen LogP contribution in [0.5, 0.6) is 0 Å². The van der Waals surface area contributed by atoms with E-state index in [-0.39, 0.29) is 11.1 Å². The Hall–Kier alpha value is -4.07. The molecule has 4 rings (SSSR count). The third kappa shape index (κ3) is 3.07. The van der Waals surface area contributed by atoms with E-state index in [4.69, 9.17) is 5.73 Å². The van der Waals surface area contributed by atoms with Crippen molar-refractivity contribution in [1.29, 1.82) is 0 Å². The van der Waals surface area contributed by atoms with E-state index >= 15 is 0 Å². The van der Waals surface area contributed by atoms with E-state index in [1.807, 2.05) is 0 Å². The maximum absolute atomic E-state index is 14.1. The maximum Gasteiger partial charge on any atom is 0.259 e. The number of halogens is 1. The lowest BCUT2D eigenvalue weighted by Crippen LogP contribution is -2.14. The van der Waals surface area contributed by atoms with Gasteiger partial charge in [-0.15, -0.1) is 10.2 Å². The summed E-state index contributed by atoms with van der Waals surface area (Å²) in [4.78, 5) is 23.8. The molecule has 0 aliphatic heterocycles. The molecule has 0 radical (unpaired) electrons. The van der Waals surface area contributed by atoms with E-state index in [1.165, 1.54) is 18.2 Å². The van der Waals surface area contributed by atoms with Gasteiger partial charge >= 0.3 is 0 Å². The number of benzene rings is 2. The van der Waals surface area contributed by atoms with E-state index < -0.39 is 17.6 Å². The molecule has 0 atom stereocenters. The topological polar surface area (TPSA) is 102 Å². The summed E-state index contributed by atoms with van der Waals surface area (Å²) < 4.78 is 15.7. The Bertz CT molecular complexity index is 1200. The number of hydrogen-bond donors (Lipinski definition) is 2. The summed E-state index contributed by atoms with van der Waals surface area (Å²) in [5.41, 5.74) is 6.90. The third-order valence-corrected chi connectivity index (χ3v) is 4.22. The number of pyridine rings is 1. The van der Waals surface area contributed by atoms with E-state index in [1.54, 1.807) is 53.1 Å². The maximum atomic E-state index is 14.1. The first-order chi connectivity index (χ1) is 13.5. The van der Waals surface area contributed by atoms with Crippen molar-refractivity contribution in [3.8, 4) is 11.4 Å². The van der Waals surface area contributed by atoms with Crippen LogP contribution in [0.15, 0.2) is 66.9 Å². The van der Waals surface area contributed by atoms with Crippen LogP contribution in [0, 0.1) is 5.82 Å². The fraction of sp³-hybridized carbons (Fsp3) is 0. The second kappa shape index (κ2) is 6.92. The first-order valence-corrected chi connectivity index (χ1v) is 8.34. The monoisotopic (exact) mass is 375 g/mol. The molecule has 2 aromatic carbocycles. The molecule has 138 valence electrons. The zero-order chi connectivity index (χ0) is 19.7. The third-order valence-electron chi connectivity index (χ3n) is 4.22. The average molecular weight is 375 g/mol. The summed E-state index contributed by atoms with van der Waals surface area (Å²) in [5.74, 6) is -1.09. The molecule has 3 N–H and O–H groups in total. The number of nitrogens with zero attached hydrogens (tertiary/aromatic N) is 3. The molecule has 7 nitrogen and oxygen atoms in total. The Kier molecular flexibility index (Phi) is 4.29. The molecule has 4 aromatic rings. The van der Waals surface area contributed by atoms with Crippen LogP contribution in [0.25, 0.3) is 17.0 Å². The summed E-state index contributed by atoms with van der Waals surface area (Å²) in [7, 11) is 0. The van der Waals surface area contributed by atoms with Crippen LogP contribution in [0.4, 0.5) is 10.1 Å². The molecular weight excluding hydrogens is 361 g/mol. The number of nitrogens with one attached hydrogen (secondary N) is 1. The first kappa shape index (κ1) is 17.3. The Morgan fingerprint density at radius 2 is 1.71 bits per heavy atom. The zero-order valence-corrected chi connectivity index (χ0v) is 14.5. The lowest BCUT2D eigenvalue weighted by Gasteiger charge is -2.07. The van der Waals surface area contributed by atoms with Gasteiger partial charge in [-0.3, -0.25) is 14.0 Å². The molecule has 0 unspecified atom stereocenters. The number of amides is 2. The predicted molar refractivity (Wildman–Crippen MR) is 101 cm³/mol. The van der Waals surface area contributed by atoms with Crippen molar-refractivity contribution in [2.24, 2.45) is 5.73 Å². The average Bonchev–Trinajstić information content (AvgIpc) is 3.12. The molecule has 0 aliphatic carbocycles. The van der Waals surface area contributed by atoms with Crippen LogP contribution in [-0.4, -0.2) is 26.4 Å². The summed E-state index contributed by atoms with van der Waals surface area (Å²) in [5, 5.41) is 10.8. The van der Waals surface area contributed by atoms with Gasteiger partial charge in [0.1, 0.15) is 5.82 Å². The number of carbonyl (C=O) groups excluding carboxylic acids is 2. The van der Waals surface area contributed by atoms with E-state index in [0.29, 0.717) is 22.7 Å². The standard InChI is InChI=1S/C20H14FN5O2/c21-16-6-2-1-4-14(16)18-24-25-19-15(5-3-11-26(18)19)20(28)23-13-9-7-12(8-10-13)17(22)27/h1-11H,(H2,22,27)(H,23,28). The van der Waals surface area contributed by atoms with Gasteiger partial charge in [0, 0.05) is 17.4 Å². The number of primary amides is 1. The molecule has 0 fully saturated rings. The highest BCUT2D eigenvalue weighted by molar-refractivity contribution is 6.08. The molecule has 8 heteroatoms. The number of fused-ring (bicyclic) bond motifs is 1. The highest BCUT2D eigenvalue weighted by atomic mass is 19.1. The van der Waals surface area contributed by atoms with Gasteiger partial charge in [-0.25, -0.2) is 4.39 Å². The van der Waals surface area contributed by atoms with E-state index in [2.05, 4.69) is 15.5 Å². The lowest BCUT2D eigenvalue weighted by molar-refractivity contribution is 0.0998. The van der Waals surface area contributed by atoms with Gasteiger partial charge in [-0.2, -0.15) is 0 Å². The van der Waals surface area contributed by atoms with Gasteiger partial charge < -0.3 is 11.1 Å². The zero-order valence-electron chi connectivity index (χ0n) is 14.5. The molecule has 0 saturated heterocycles. The second-order valence-corrected chi connectivity index (χ2v) is 6.01. The summed E-state index contributed by atoms with van der Waals surface area (Å²) in [6.07, 6.45) is 1.66. The van der Waals surface area contributed by atoms with E-state index in [0.717, 1.165) is 0 Å². The molecule has 0 saturated carbocycles. The van der Waals surface area contributed by atoms with Crippen LogP contribution in [0.1, 0.15) is 20.7 Å². The summed E-state index contributed by atoms with van der Waals surface area (Å²) >= 11 is 0. The van der Waals surface area contributed by atoms with Crippen LogP contribution < -0.4 is 11.1 Å². The Morgan fingerprint density at radius 3 is 2.43 bits per heavy atom. The highest BCUT2D eigenvalue weighted by Crippen LogP contribution is 2.23. The van der Waals surface area contributed by atoms with Gasteiger partial charge in [0.15, 0.2) is 11.5 Å². The number of aromatic nitrogens is 3. The van der Waals surface area contributed by atoms with Crippen LogP contribution in [0.3, 0.4) is 0 Å². The number of rotatable bonds is 4. The SMILES string of the molecule is NC(=O)c1ccc(NC(=O)c2cccn3c(-c4ccccc4F)nnc23)cc1. The van der Waals surface area contributed by atoms with Crippen LogP contribution >= 0.6 is 0 Å². The second-order valence-electron chi connectivity index (χ2n) is 6.01. The van der Waals surface area contributed by atoms with Gasteiger partial charge in [0.25, 0.3) is 5.91 Å². The van der Waals surface area contributed by atoms with Crippen molar-refractivity contribution in [1.82, 2.24) is 14.6 Å². The van der Waals surface area contributed by atoms with Gasteiger partial charge in [-0.1, -0.05) is 12.1 Å². The van der Waals surface area contributed by atoms with Crippen molar-refractivity contribution >= 4 is 23.1 Å². The van der Waals surface area contributed by atoms with Crippen molar-refractivity contribution in [3.63, 3.8) is 0 Å². The highest BCUT2D eigenvalue weighted by Gasteiger charge is 2.17. The van der Waals surface area contributed by atoms with E-state index in [9.17, 15) is 14.0 Å². The van der Waals surface area contributed by atoms with Crippen LogP contribution in [0.2, 0.25) is 0 Å². The fourth-order valence-electron chi connectivity index (χ4n) is 2.84. The van der Waals surface area contributed by atoms with Crippen molar-refractivity contribution in [3.05, 3.63) is 83.8 Å². The molecule has 0 aliphatic rings. The summed E-state index contributed by atoms with van der Waals surface area (Å²) in [6, 6.07) is 15.7. The van der Waals surface area contributed by atoms with Gasteiger partial charge in [-0.05, 0) is 48.5 Å². The smallest absolute Gasteiger partial charge is 0.259 e. The predicted octanol–water partition coefficient (Wildman–Crippen LogP) is 2.89. The normalized spacial score (nSPS) is 10.8. The summed E-state index contributed by atoms with van der Waals surface area (Å²) in [6.45, 7) is 0. The number of hydrogen-bond acceptors (Lipinski definition) is 4. The quantitative estimate of drug-likeness (QED) is 0.572. The van der Waals surface area contributed by atoms with Crippen LogP contribution in [-0.2, 0) is 0 Å². The van der Waals surface area contributed by atoms with Gasteiger partial charge in [0.2, 0.25) is 5.91 Å². The van der Waals surface area contributed by atoms with Crippen molar-refractivity contribution < 1.29 is 14.0 Å². The molecule has 0 bridgehead atoms. The Balaban J connectivity index is 1.68. The number of nitrogens with two attached hydrogens (primary N) is 1. The van der Waals surface area contributed by atoms with Crippen molar-refractivity contribution in [2.75, 3.05) is 5.32 Å². The largest absolute Gasteiger partial charge is 0.366 e. The van der Waals surface area contributed by atoms with Crippen molar-refractivity contribution in [2.45, 2.75) is 0 Å². The minimum absolute atomic E-state index is 0.275. The first-order valence-electron chi connectivity index (χ1n) is 8.34.